The van der Waals surface area contributed by atoms with Gasteiger partial charge in [-0.3, -0.25) is 0 Å². The summed E-state index contributed by atoms with van der Waals surface area (Å²) in [4.78, 5) is 2.75. The molecular formula is C12H16BrN3S. The molecule has 5 heteroatoms. The monoisotopic (exact) mass is 313 g/mol. The van der Waals surface area contributed by atoms with Crippen molar-refractivity contribution in [2.75, 3.05) is 25.5 Å². The maximum atomic E-state index is 5.75. The number of nitrogens with zero attached hydrogens (tertiary/aromatic N) is 1. The molecule has 0 aliphatic carbocycles. The standard InChI is InChI=1S/C12H16BrN3S/c1-16-5-4-9(7-16)15-11-3-2-8(13)6-10(11)12(14)17/h2-3,6,9,15H,4-5,7H2,1H3,(H2,14,17). The molecule has 0 aromatic heterocycles. The maximum absolute atomic E-state index is 5.75. The fourth-order valence-corrected chi connectivity index (χ4v) is 2.65. The van der Waals surface area contributed by atoms with Crippen molar-refractivity contribution in [1.82, 2.24) is 4.90 Å². The van der Waals surface area contributed by atoms with Gasteiger partial charge in [0.15, 0.2) is 0 Å². The number of benzene rings is 1. The van der Waals surface area contributed by atoms with Gasteiger partial charge in [-0.2, -0.15) is 0 Å². The number of nitrogens with one attached hydrogen (secondary N) is 1. The van der Waals surface area contributed by atoms with Crippen LogP contribution in [0, 0.1) is 0 Å². The lowest BCUT2D eigenvalue weighted by molar-refractivity contribution is 0.414. The first-order valence-electron chi connectivity index (χ1n) is 5.60. The molecule has 0 saturated carbocycles. The molecule has 1 heterocycles. The highest BCUT2D eigenvalue weighted by molar-refractivity contribution is 9.10. The van der Waals surface area contributed by atoms with Crippen molar-refractivity contribution < 1.29 is 0 Å². The topological polar surface area (TPSA) is 41.3 Å². The molecule has 3 N–H and O–H groups in total. The van der Waals surface area contributed by atoms with Gasteiger partial charge in [-0.15, -0.1) is 0 Å². The van der Waals surface area contributed by atoms with Crippen LogP contribution in [0.1, 0.15) is 12.0 Å². The third-order valence-corrected chi connectivity index (χ3v) is 3.71. The van der Waals surface area contributed by atoms with E-state index in [1.165, 1.54) is 0 Å². The van der Waals surface area contributed by atoms with Gasteiger partial charge in [-0.1, -0.05) is 28.1 Å². The maximum Gasteiger partial charge on any atom is 0.106 e. The number of halogens is 1. The zero-order valence-electron chi connectivity index (χ0n) is 9.74. The summed E-state index contributed by atoms with van der Waals surface area (Å²) in [5.74, 6) is 0. The highest BCUT2D eigenvalue weighted by Gasteiger charge is 2.20. The van der Waals surface area contributed by atoms with E-state index >= 15 is 0 Å². The van der Waals surface area contributed by atoms with Gasteiger partial charge in [0, 0.05) is 28.3 Å². The van der Waals surface area contributed by atoms with E-state index in [0.29, 0.717) is 11.0 Å². The summed E-state index contributed by atoms with van der Waals surface area (Å²) in [6.07, 6.45) is 1.16. The van der Waals surface area contributed by atoms with E-state index in [-0.39, 0.29) is 0 Å². The minimum Gasteiger partial charge on any atom is -0.389 e. The Kier molecular flexibility index (Phi) is 4.01. The number of anilines is 1. The van der Waals surface area contributed by atoms with E-state index in [1.807, 2.05) is 18.2 Å². The van der Waals surface area contributed by atoms with Crippen LogP contribution >= 0.6 is 28.1 Å². The van der Waals surface area contributed by atoms with Crippen LogP contribution in [0.4, 0.5) is 5.69 Å². The van der Waals surface area contributed by atoms with Gasteiger partial charge >= 0.3 is 0 Å². The Bertz CT molecular complexity index is 436. The SMILES string of the molecule is CN1CCC(Nc2ccc(Br)cc2C(N)=S)C1. The molecule has 17 heavy (non-hydrogen) atoms. The van der Waals surface area contributed by atoms with Crippen LogP contribution in [0.25, 0.3) is 0 Å². The molecule has 1 aromatic carbocycles. The molecule has 1 atom stereocenters. The van der Waals surface area contributed by atoms with Crippen LogP contribution in [0.5, 0.6) is 0 Å². The van der Waals surface area contributed by atoms with Crippen LogP contribution in [-0.4, -0.2) is 36.1 Å². The predicted octanol–water partition coefficient (Wildman–Crippen LogP) is 2.20. The Labute approximate surface area is 115 Å². The first-order chi connectivity index (χ1) is 8.06. The van der Waals surface area contributed by atoms with Crippen molar-refractivity contribution in [2.45, 2.75) is 12.5 Å². The molecule has 0 spiro atoms. The summed E-state index contributed by atoms with van der Waals surface area (Å²) in [5.41, 5.74) is 7.68. The molecule has 2 rings (SSSR count). The molecule has 92 valence electrons. The number of hydrogen-bond donors (Lipinski definition) is 2. The number of likely N-dealkylation sites (tertiary alicyclic amines) is 1. The van der Waals surface area contributed by atoms with E-state index in [9.17, 15) is 0 Å². The normalized spacial score (nSPS) is 20.5. The van der Waals surface area contributed by atoms with E-state index < -0.39 is 0 Å². The first-order valence-corrected chi connectivity index (χ1v) is 6.81. The average molecular weight is 314 g/mol. The van der Waals surface area contributed by atoms with Gasteiger partial charge in [0.1, 0.15) is 4.99 Å². The highest BCUT2D eigenvalue weighted by Crippen LogP contribution is 2.23. The molecule has 0 amide bonds. The molecule has 3 nitrogen and oxygen atoms in total. The fraction of sp³-hybridized carbons (Fsp3) is 0.417. The van der Waals surface area contributed by atoms with Gasteiger partial charge in [0.2, 0.25) is 0 Å². The number of likely N-dealkylation sites (N-methyl/N-ethyl adjacent to an activating group) is 1. The molecule has 1 aliphatic rings. The molecule has 1 aliphatic heterocycles. The van der Waals surface area contributed by atoms with Crippen molar-refractivity contribution in [2.24, 2.45) is 5.73 Å². The van der Waals surface area contributed by atoms with Gasteiger partial charge in [-0.05, 0) is 38.2 Å². The number of rotatable bonds is 3. The third kappa shape index (κ3) is 3.18. The summed E-state index contributed by atoms with van der Waals surface area (Å²) >= 11 is 8.52. The lowest BCUT2D eigenvalue weighted by Gasteiger charge is -2.17. The van der Waals surface area contributed by atoms with Crippen molar-refractivity contribution >= 4 is 38.8 Å². The van der Waals surface area contributed by atoms with Gasteiger partial charge < -0.3 is 16.0 Å². The number of thiocarbonyl (C=S) groups is 1. The van der Waals surface area contributed by atoms with E-state index in [0.717, 1.165) is 35.2 Å². The second-order valence-electron chi connectivity index (χ2n) is 4.45. The van der Waals surface area contributed by atoms with Gasteiger partial charge in [-0.25, -0.2) is 0 Å². The van der Waals surface area contributed by atoms with Gasteiger partial charge in [0.25, 0.3) is 0 Å². The zero-order chi connectivity index (χ0) is 12.4. The minimum atomic E-state index is 0.431. The molecule has 0 radical (unpaired) electrons. The lowest BCUT2D eigenvalue weighted by atomic mass is 10.1. The Hall–Kier alpha value is -0.650. The summed E-state index contributed by atoms with van der Waals surface area (Å²) in [7, 11) is 2.14. The Balaban J connectivity index is 2.17. The van der Waals surface area contributed by atoms with Crippen LogP contribution in [0.15, 0.2) is 22.7 Å². The summed E-state index contributed by atoms with van der Waals surface area (Å²) in [6, 6.07) is 6.47. The smallest absolute Gasteiger partial charge is 0.106 e. The predicted molar refractivity (Wildman–Crippen MR) is 79.6 cm³/mol. The molecule has 0 bridgehead atoms. The Morgan fingerprint density at radius 1 is 1.59 bits per heavy atom. The number of nitrogens with two attached hydrogens (primary N) is 1. The molecule has 1 aromatic rings. The van der Waals surface area contributed by atoms with E-state index in [2.05, 4.69) is 33.2 Å². The first kappa shape index (κ1) is 12.8. The molecule has 1 saturated heterocycles. The second kappa shape index (κ2) is 5.33. The zero-order valence-corrected chi connectivity index (χ0v) is 12.1. The van der Waals surface area contributed by atoms with Crippen LogP contribution in [-0.2, 0) is 0 Å². The lowest BCUT2D eigenvalue weighted by Crippen LogP contribution is -2.25. The average Bonchev–Trinajstić information content (AvgIpc) is 2.66. The van der Waals surface area contributed by atoms with E-state index in [1.54, 1.807) is 0 Å². The van der Waals surface area contributed by atoms with E-state index in [4.69, 9.17) is 18.0 Å². The van der Waals surface area contributed by atoms with Crippen molar-refractivity contribution in [3.8, 4) is 0 Å². The molecule has 1 unspecified atom stereocenters. The van der Waals surface area contributed by atoms with Crippen LogP contribution < -0.4 is 11.1 Å². The van der Waals surface area contributed by atoms with Crippen molar-refractivity contribution in [3.05, 3.63) is 28.2 Å². The van der Waals surface area contributed by atoms with Crippen LogP contribution in [0.3, 0.4) is 0 Å². The quantitative estimate of drug-likeness (QED) is 0.839. The minimum absolute atomic E-state index is 0.431. The van der Waals surface area contributed by atoms with Crippen molar-refractivity contribution in [3.63, 3.8) is 0 Å². The fourth-order valence-electron chi connectivity index (χ4n) is 2.12. The summed E-state index contributed by atoms with van der Waals surface area (Å²) in [6.45, 7) is 2.20. The second-order valence-corrected chi connectivity index (χ2v) is 5.80. The van der Waals surface area contributed by atoms with Gasteiger partial charge in [0.05, 0.1) is 0 Å². The summed E-state index contributed by atoms with van der Waals surface area (Å²) in [5, 5.41) is 3.52. The third-order valence-electron chi connectivity index (χ3n) is 3.00. The Morgan fingerprint density at radius 2 is 2.35 bits per heavy atom. The van der Waals surface area contributed by atoms with Crippen molar-refractivity contribution in [1.29, 1.82) is 0 Å². The number of hydrogen-bond acceptors (Lipinski definition) is 3. The summed E-state index contributed by atoms with van der Waals surface area (Å²) < 4.78 is 0.995. The molecular weight excluding hydrogens is 298 g/mol. The molecule has 1 fully saturated rings. The highest BCUT2D eigenvalue weighted by atomic mass is 79.9. The van der Waals surface area contributed by atoms with Crippen LogP contribution in [0.2, 0.25) is 0 Å². The largest absolute Gasteiger partial charge is 0.389 e. The Morgan fingerprint density at radius 3 is 2.94 bits per heavy atom.